The summed E-state index contributed by atoms with van der Waals surface area (Å²) in [5.41, 5.74) is 7.32. The third kappa shape index (κ3) is 14.1. The maximum atomic E-state index is 12.8. The number of amides is 3. The summed E-state index contributed by atoms with van der Waals surface area (Å²) in [5, 5.41) is 12.2. The lowest BCUT2D eigenvalue weighted by atomic mass is 10.2. The maximum Gasteiger partial charge on any atom is 0.410 e. The Morgan fingerprint density at radius 1 is 0.692 bits per heavy atom. The van der Waals surface area contributed by atoms with E-state index in [1.165, 1.54) is 4.90 Å². The van der Waals surface area contributed by atoms with Gasteiger partial charge in [0.1, 0.15) is 13.2 Å². The quantitative estimate of drug-likeness (QED) is 0.230. The highest BCUT2D eigenvalue weighted by atomic mass is 16.6. The van der Waals surface area contributed by atoms with Crippen molar-refractivity contribution in [3.63, 3.8) is 0 Å². The second-order valence-electron chi connectivity index (χ2n) is 9.20. The van der Waals surface area contributed by atoms with Gasteiger partial charge in [-0.1, -0.05) is 60.7 Å². The van der Waals surface area contributed by atoms with Crippen molar-refractivity contribution in [2.24, 2.45) is 5.73 Å². The highest BCUT2D eigenvalue weighted by Gasteiger charge is 2.16. The van der Waals surface area contributed by atoms with Crippen molar-refractivity contribution in [3.05, 3.63) is 71.8 Å². The first-order valence-corrected chi connectivity index (χ1v) is 13.6. The van der Waals surface area contributed by atoms with E-state index in [2.05, 4.69) is 5.32 Å². The molecule has 0 saturated heterocycles. The molecule has 214 valence electrons. The van der Waals surface area contributed by atoms with Gasteiger partial charge in [-0.15, -0.1) is 0 Å². The fourth-order valence-corrected chi connectivity index (χ4v) is 3.85. The number of nitrogens with two attached hydrogens (primary N) is 1. The molecule has 0 aromatic heterocycles. The van der Waals surface area contributed by atoms with E-state index in [1.807, 2.05) is 60.7 Å². The summed E-state index contributed by atoms with van der Waals surface area (Å²) in [4.78, 5) is 39.3. The first-order valence-electron chi connectivity index (χ1n) is 13.6. The molecule has 2 aromatic carbocycles. The van der Waals surface area contributed by atoms with Crippen LogP contribution in [-0.2, 0) is 22.7 Å². The number of hydrogen-bond acceptors (Lipinski definition) is 6. The summed E-state index contributed by atoms with van der Waals surface area (Å²) in [6.07, 6.45) is 2.29. The standard InChI is InChI=1S/C29H42N4O6/c30-17-7-9-19-32(28(35)36)20-11-12-22-33(29(37)39-24-26-15-5-2-6-16-26)21-10-8-18-31-27(34)38-23-25-13-3-1-4-14-25/h1-6,13-16H,7-12,17-24,30H2,(H,31,34)(H,35,36). The van der Waals surface area contributed by atoms with Crippen LogP contribution < -0.4 is 11.1 Å². The smallest absolute Gasteiger partial charge is 0.410 e. The van der Waals surface area contributed by atoms with Crippen LogP contribution in [-0.4, -0.2) is 72.5 Å². The minimum Gasteiger partial charge on any atom is -0.465 e. The van der Waals surface area contributed by atoms with Crippen molar-refractivity contribution in [1.82, 2.24) is 15.1 Å². The predicted molar refractivity (Wildman–Crippen MR) is 149 cm³/mol. The SMILES string of the molecule is NCCCCN(CCCCN(CCCCNC(=O)OCc1ccccc1)C(=O)OCc1ccccc1)C(=O)O. The highest BCUT2D eigenvalue weighted by molar-refractivity contribution is 5.68. The number of hydrogen-bond donors (Lipinski definition) is 3. The van der Waals surface area contributed by atoms with Crippen molar-refractivity contribution in [2.45, 2.75) is 51.7 Å². The Bertz CT molecular complexity index is 961. The van der Waals surface area contributed by atoms with Crippen LogP contribution in [0.4, 0.5) is 14.4 Å². The summed E-state index contributed by atoms with van der Waals surface area (Å²) >= 11 is 0. The number of ether oxygens (including phenoxy) is 2. The number of carbonyl (C=O) groups is 3. The number of alkyl carbamates (subject to hydrolysis) is 1. The van der Waals surface area contributed by atoms with Gasteiger partial charge in [-0.2, -0.15) is 0 Å². The van der Waals surface area contributed by atoms with E-state index in [0.29, 0.717) is 65.0 Å². The second kappa shape index (κ2) is 19.3. The molecule has 2 aromatic rings. The van der Waals surface area contributed by atoms with Crippen molar-refractivity contribution < 1.29 is 29.0 Å². The zero-order valence-corrected chi connectivity index (χ0v) is 22.6. The lowest BCUT2D eigenvalue weighted by molar-refractivity contribution is 0.0939. The van der Waals surface area contributed by atoms with Gasteiger partial charge in [0.05, 0.1) is 0 Å². The summed E-state index contributed by atoms with van der Waals surface area (Å²) in [7, 11) is 0. The van der Waals surface area contributed by atoms with Gasteiger partial charge in [0.15, 0.2) is 0 Å². The van der Waals surface area contributed by atoms with Gasteiger partial charge in [0.2, 0.25) is 0 Å². The Labute approximate surface area is 231 Å². The Morgan fingerprint density at radius 3 is 1.72 bits per heavy atom. The molecule has 2 rings (SSSR count). The molecule has 3 amide bonds. The van der Waals surface area contributed by atoms with Gasteiger partial charge < -0.3 is 35.4 Å². The molecule has 0 aliphatic rings. The van der Waals surface area contributed by atoms with Crippen LogP contribution in [0.1, 0.15) is 49.7 Å². The molecule has 0 saturated carbocycles. The normalized spacial score (nSPS) is 10.5. The fourth-order valence-electron chi connectivity index (χ4n) is 3.85. The molecule has 39 heavy (non-hydrogen) atoms. The Balaban J connectivity index is 1.75. The van der Waals surface area contributed by atoms with Gasteiger partial charge in [0, 0.05) is 32.7 Å². The molecule has 0 fully saturated rings. The van der Waals surface area contributed by atoms with E-state index >= 15 is 0 Å². The number of nitrogens with one attached hydrogen (secondary N) is 1. The zero-order chi connectivity index (χ0) is 28.1. The topological polar surface area (TPSA) is 134 Å². The molecule has 0 atom stereocenters. The number of nitrogens with zero attached hydrogens (tertiary/aromatic N) is 2. The molecule has 0 heterocycles. The van der Waals surface area contributed by atoms with E-state index in [0.717, 1.165) is 24.0 Å². The highest BCUT2D eigenvalue weighted by Crippen LogP contribution is 2.08. The van der Waals surface area contributed by atoms with Crippen molar-refractivity contribution >= 4 is 18.3 Å². The molecule has 0 radical (unpaired) electrons. The van der Waals surface area contributed by atoms with Gasteiger partial charge in [-0.3, -0.25) is 0 Å². The van der Waals surface area contributed by atoms with E-state index in [1.54, 1.807) is 4.90 Å². The zero-order valence-electron chi connectivity index (χ0n) is 22.6. The second-order valence-corrected chi connectivity index (χ2v) is 9.20. The monoisotopic (exact) mass is 542 g/mol. The van der Waals surface area contributed by atoms with E-state index in [-0.39, 0.29) is 13.2 Å². The summed E-state index contributed by atoms with van der Waals surface area (Å²) < 4.78 is 10.7. The minimum absolute atomic E-state index is 0.179. The summed E-state index contributed by atoms with van der Waals surface area (Å²) in [5.74, 6) is 0. The van der Waals surface area contributed by atoms with Crippen LogP contribution in [0.2, 0.25) is 0 Å². The third-order valence-electron chi connectivity index (χ3n) is 6.06. The molecule has 0 spiro atoms. The fraction of sp³-hybridized carbons (Fsp3) is 0.483. The minimum atomic E-state index is -0.944. The molecule has 10 nitrogen and oxygen atoms in total. The largest absolute Gasteiger partial charge is 0.465 e. The van der Waals surface area contributed by atoms with Crippen LogP contribution in [0, 0.1) is 0 Å². The van der Waals surface area contributed by atoms with Crippen molar-refractivity contribution in [2.75, 3.05) is 39.3 Å². The molecule has 0 bridgehead atoms. The van der Waals surface area contributed by atoms with Gasteiger partial charge in [-0.25, -0.2) is 14.4 Å². The predicted octanol–water partition coefficient (Wildman–Crippen LogP) is 4.83. The van der Waals surface area contributed by atoms with E-state index in [9.17, 15) is 19.5 Å². The maximum absolute atomic E-state index is 12.8. The first-order chi connectivity index (χ1) is 19.0. The van der Waals surface area contributed by atoms with E-state index in [4.69, 9.17) is 15.2 Å². The van der Waals surface area contributed by atoms with Gasteiger partial charge >= 0.3 is 18.3 Å². The average Bonchev–Trinajstić information content (AvgIpc) is 2.95. The molecule has 0 aliphatic carbocycles. The lowest BCUT2D eigenvalue weighted by Gasteiger charge is -2.23. The molecular formula is C29H42N4O6. The van der Waals surface area contributed by atoms with Crippen LogP contribution in [0.5, 0.6) is 0 Å². The Hall–Kier alpha value is -3.79. The summed E-state index contributed by atoms with van der Waals surface area (Å²) in [6, 6.07) is 18.9. The number of benzene rings is 2. The van der Waals surface area contributed by atoms with Crippen LogP contribution in [0.15, 0.2) is 60.7 Å². The molecule has 0 unspecified atom stereocenters. The number of rotatable bonds is 18. The first kappa shape index (κ1) is 31.4. The van der Waals surface area contributed by atoms with Crippen LogP contribution in [0.25, 0.3) is 0 Å². The Kier molecular flexibility index (Phi) is 15.6. The van der Waals surface area contributed by atoms with Crippen molar-refractivity contribution in [1.29, 1.82) is 0 Å². The number of carbonyl (C=O) groups excluding carboxylic acids is 2. The third-order valence-corrected chi connectivity index (χ3v) is 6.06. The number of carboxylic acid groups (broad SMARTS) is 1. The van der Waals surface area contributed by atoms with Gasteiger partial charge in [-0.05, 0) is 56.2 Å². The van der Waals surface area contributed by atoms with Gasteiger partial charge in [0.25, 0.3) is 0 Å². The number of unbranched alkanes of at least 4 members (excludes halogenated alkanes) is 3. The molecule has 10 heteroatoms. The molecule has 4 N–H and O–H groups in total. The summed E-state index contributed by atoms with van der Waals surface area (Å²) in [6.45, 7) is 3.13. The van der Waals surface area contributed by atoms with Crippen molar-refractivity contribution in [3.8, 4) is 0 Å². The molecular weight excluding hydrogens is 500 g/mol. The molecule has 0 aliphatic heterocycles. The lowest BCUT2D eigenvalue weighted by Crippen LogP contribution is -2.35. The van der Waals surface area contributed by atoms with E-state index < -0.39 is 18.3 Å². The Morgan fingerprint density at radius 2 is 1.18 bits per heavy atom. The van der Waals surface area contributed by atoms with Crippen LogP contribution in [0.3, 0.4) is 0 Å². The average molecular weight is 543 g/mol. The van der Waals surface area contributed by atoms with Crippen LogP contribution >= 0.6 is 0 Å².